The number of carbonyl (C=O) groups excluding carboxylic acids is 1. The van der Waals surface area contributed by atoms with Crippen LogP contribution in [0, 0.1) is 6.92 Å². The van der Waals surface area contributed by atoms with Crippen LogP contribution >= 0.6 is 0 Å². The first-order chi connectivity index (χ1) is 12.2. The second-order valence-electron chi connectivity index (χ2n) is 7.29. The van der Waals surface area contributed by atoms with Crippen LogP contribution in [-0.2, 0) is 0 Å². The first kappa shape index (κ1) is 17.9. The lowest BCUT2D eigenvalue weighted by Crippen LogP contribution is -2.53. The molecule has 2 fully saturated rings. The van der Waals surface area contributed by atoms with Gasteiger partial charge in [0.05, 0.1) is 12.8 Å². The quantitative estimate of drug-likeness (QED) is 0.852. The third-order valence-corrected chi connectivity index (χ3v) is 5.42. The highest BCUT2D eigenvalue weighted by atomic mass is 16.5. The van der Waals surface area contributed by atoms with Crippen molar-refractivity contribution in [3.05, 3.63) is 23.8 Å². The summed E-state index contributed by atoms with van der Waals surface area (Å²) in [7, 11) is 1.71. The van der Waals surface area contributed by atoms with Crippen LogP contribution in [0.1, 0.15) is 44.1 Å². The van der Waals surface area contributed by atoms with E-state index in [9.17, 15) is 4.79 Å². The zero-order chi connectivity index (χ0) is 17.6. The van der Waals surface area contributed by atoms with E-state index in [1.54, 1.807) is 7.11 Å². The molecule has 0 aromatic heterocycles. The number of carbonyl (C=O) groups is 1. The van der Waals surface area contributed by atoms with E-state index in [-0.39, 0.29) is 6.03 Å². The van der Waals surface area contributed by atoms with E-state index in [1.807, 2.05) is 11.0 Å². The fourth-order valence-corrected chi connectivity index (χ4v) is 3.89. The Morgan fingerprint density at radius 1 is 1.08 bits per heavy atom. The lowest BCUT2D eigenvalue weighted by molar-refractivity contribution is 0.189. The van der Waals surface area contributed by atoms with Crippen molar-refractivity contribution < 1.29 is 9.53 Å². The molecule has 0 radical (unpaired) electrons. The van der Waals surface area contributed by atoms with Crippen LogP contribution in [0.15, 0.2) is 18.2 Å². The minimum atomic E-state index is 0.114. The Morgan fingerprint density at radius 3 is 2.40 bits per heavy atom. The van der Waals surface area contributed by atoms with Gasteiger partial charge in [0.25, 0.3) is 0 Å². The van der Waals surface area contributed by atoms with Gasteiger partial charge >= 0.3 is 6.03 Å². The second kappa shape index (κ2) is 8.45. The van der Waals surface area contributed by atoms with Crippen LogP contribution in [0.3, 0.4) is 0 Å². The molecule has 5 heteroatoms. The molecule has 1 aromatic carbocycles. The molecule has 25 heavy (non-hydrogen) atoms. The van der Waals surface area contributed by atoms with E-state index in [2.05, 4.69) is 29.3 Å². The summed E-state index contributed by atoms with van der Waals surface area (Å²) in [4.78, 5) is 16.9. The number of urea groups is 1. The van der Waals surface area contributed by atoms with E-state index >= 15 is 0 Å². The lowest BCUT2D eigenvalue weighted by Gasteiger charge is -2.37. The van der Waals surface area contributed by atoms with Crippen molar-refractivity contribution in [1.82, 2.24) is 10.2 Å². The van der Waals surface area contributed by atoms with Gasteiger partial charge < -0.3 is 19.9 Å². The highest BCUT2D eigenvalue weighted by molar-refractivity contribution is 5.75. The molecule has 1 aliphatic carbocycles. The van der Waals surface area contributed by atoms with Gasteiger partial charge in [-0.25, -0.2) is 4.79 Å². The maximum absolute atomic E-state index is 12.6. The molecule has 1 N–H and O–H groups in total. The number of methoxy groups -OCH3 is 1. The molecule has 2 amide bonds. The van der Waals surface area contributed by atoms with Gasteiger partial charge in [-0.1, -0.05) is 31.7 Å². The van der Waals surface area contributed by atoms with Crippen molar-refractivity contribution in [3.8, 4) is 5.75 Å². The van der Waals surface area contributed by atoms with Crippen molar-refractivity contribution in [1.29, 1.82) is 0 Å². The molecule has 0 bridgehead atoms. The molecule has 0 atom stereocenters. The normalized spacial score (nSPS) is 19.4. The van der Waals surface area contributed by atoms with Gasteiger partial charge in [-0.15, -0.1) is 0 Å². The average molecular weight is 345 g/mol. The topological polar surface area (TPSA) is 44.8 Å². The minimum Gasteiger partial charge on any atom is -0.495 e. The van der Waals surface area contributed by atoms with Crippen LogP contribution < -0.4 is 15.0 Å². The number of nitrogens with one attached hydrogen (secondary N) is 1. The fraction of sp³-hybridized carbons (Fsp3) is 0.650. The number of benzene rings is 1. The van der Waals surface area contributed by atoms with Crippen LogP contribution in [0.2, 0.25) is 0 Å². The first-order valence-corrected chi connectivity index (χ1v) is 9.62. The first-order valence-electron chi connectivity index (χ1n) is 9.62. The summed E-state index contributed by atoms with van der Waals surface area (Å²) in [5, 5.41) is 3.26. The van der Waals surface area contributed by atoms with Gasteiger partial charge in [0.15, 0.2) is 0 Å². The van der Waals surface area contributed by atoms with Crippen LogP contribution in [-0.4, -0.2) is 50.3 Å². The molecule has 1 saturated heterocycles. The Kier molecular flexibility index (Phi) is 6.05. The number of rotatable bonds is 3. The molecule has 3 rings (SSSR count). The molecule has 138 valence electrons. The summed E-state index contributed by atoms with van der Waals surface area (Å²) in [5.74, 6) is 0.905. The number of ether oxygens (including phenoxy) is 1. The molecule has 1 aromatic rings. The summed E-state index contributed by atoms with van der Waals surface area (Å²) in [5.41, 5.74) is 2.36. The Labute approximate surface area is 151 Å². The molecule has 1 saturated carbocycles. The Morgan fingerprint density at radius 2 is 1.76 bits per heavy atom. The lowest BCUT2D eigenvalue weighted by atomic mass is 10.1. The van der Waals surface area contributed by atoms with E-state index in [1.165, 1.54) is 31.2 Å². The van der Waals surface area contributed by atoms with Gasteiger partial charge in [0, 0.05) is 32.2 Å². The monoisotopic (exact) mass is 345 g/mol. The maximum atomic E-state index is 12.6. The van der Waals surface area contributed by atoms with Gasteiger partial charge in [-0.05, 0) is 37.5 Å². The van der Waals surface area contributed by atoms with Crippen molar-refractivity contribution >= 4 is 11.7 Å². The number of anilines is 1. The third-order valence-electron chi connectivity index (χ3n) is 5.42. The minimum absolute atomic E-state index is 0.114. The van der Waals surface area contributed by atoms with Gasteiger partial charge in [-0.2, -0.15) is 0 Å². The van der Waals surface area contributed by atoms with Gasteiger partial charge in [0.2, 0.25) is 0 Å². The smallest absolute Gasteiger partial charge is 0.317 e. The molecule has 0 unspecified atom stereocenters. The number of hydrogen-bond acceptors (Lipinski definition) is 3. The summed E-state index contributed by atoms with van der Waals surface area (Å²) in [6.45, 7) is 5.31. The predicted octanol–water partition coefficient (Wildman–Crippen LogP) is 3.56. The highest BCUT2D eigenvalue weighted by Crippen LogP contribution is 2.30. The summed E-state index contributed by atoms with van der Waals surface area (Å²) in [6.07, 6.45) is 7.36. The van der Waals surface area contributed by atoms with Crippen LogP contribution in [0.25, 0.3) is 0 Å². The van der Waals surface area contributed by atoms with Crippen LogP contribution in [0.5, 0.6) is 5.75 Å². The number of amides is 2. The van der Waals surface area contributed by atoms with Gasteiger partial charge in [-0.3, -0.25) is 0 Å². The van der Waals surface area contributed by atoms with Crippen molar-refractivity contribution in [3.63, 3.8) is 0 Å². The zero-order valence-corrected chi connectivity index (χ0v) is 15.6. The Balaban J connectivity index is 1.54. The van der Waals surface area contributed by atoms with Gasteiger partial charge in [0.1, 0.15) is 5.75 Å². The summed E-state index contributed by atoms with van der Waals surface area (Å²) in [6, 6.07) is 6.74. The van der Waals surface area contributed by atoms with Crippen LogP contribution in [0.4, 0.5) is 10.5 Å². The molecule has 2 aliphatic rings. The predicted molar refractivity (Wildman–Crippen MR) is 102 cm³/mol. The molecule has 1 heterocycles. The van der Waals surface area contributed by atoms with E-state index in [0.29, 0.717) is 6.04 Å². The Hall–Kier alpha value is -1.91. The molecular weight excluding hydrogens is 314 g/mol. The molecule has 1 aliphatic heterocycles. The molecule has 5 nitrogen and oxygen atoms in total. The van der Waals surface area contributed by atoms with E-state index in [0.717, 1.165) is 50.5 Å². The number of aryl methyl sites for hydroxylation is 1. The number of hydrogen-bond donors (Lipinski definition) is 1. The van der Waals surface area contributed by atoms with E-state index < -0.39 is 0 Å². The maximum Gasteiger partial charge on any atom is 0.317 e. The largest absolute Gasteiger partial charge is 0.495 e. The van der Waals surface area contributed by atoms with E-state index in [4.69, 9.17) is 4.74 Å². The Bertz CT molecular complexity index is 574. The second-order valence-corrected chi connectivity index (χ2v) is 7.29. The zero-order valence-electron chi connectivity index (χ0n) is 15.6. The average Bonchev–Trinajstić information content (AvgIpc) is 2.90. The highest BCUT2D eigenvalue weighted by Gasteiger charge is 2.24. The molecule has 0 spiro atoms. The molecular formula is C20H31N3O2. The summed E-state index contributed by atoms with van der Waals surface area (Å²) < 4.78 is 5.51. The van der Waals surface area contributed by atoms with Crippen molar-refractivity contribution in [2.45, 2.75) is 51.5 Å². The third kappa shape index (κ3) is 4.59. The standard InChI is InChI=1S/C20H31N3O2/c1-16-9-10-19(25-2)18(15-16)22-11-13-23(14-12-22)20(24)21-17-7-5-3-4-6-8-17/h9-10,15,17H,3-8,11-14H2,1-2H3,(H,21,24). The van der Waals surface area contributed by atoms with Crippen molar-refractivity contribution in [2.75, 3.05) is 38.2 Å². The SMILES string of the molecule is COc1ccc(C)cc1N1CCN(C(=O)NC2CCCCCC2)CC1. The summed E-state index contributed by atoms with van der Waals surface area (Å²) >= 11 is 0. The number of piperazine rings is 1. The van der Waals surface area contributed by atoms with Crippen molar-refractivity contribution in [2.24, 2.45) is 0 Å². The fourth-order valence-electron chi connectivity index (χ4n) is 3.89. The number of nitrogens with zero attached hydrogens (tertiary/aromatic N) is 2.